The minimum absolute atomic E-state index is 0.0253. The molecule has 0 bridgehead atoms. The van der Waals surface area contributed by atoms with Gasteiger partial charge in [-0.1, -0.05) is 23.7 Å². The van der Waals surface area contributed by atoms with E-state index in [-0.39, 0.29) is 11.3 Å². The van der Waals surface area contributed by atoms with Gasteiger partial charge in [-0.2, -0.15) is 13.2 Å². The fourth-order valence-corrected chi connectivity index (χ4v) is 1.75. The van der Waals surface area contributed by atoms with Gasteiger partial charge >= 0.3 is 6.18 Å². The summed E-state index contributed by atoms with van der Waals surface area (Å²) < 4.78 is 50.7. The topological polar surface area (TPSA) is 56.7 Å². The van der Waals surface area contributed by atoms with Gasteiger partial charge in [0.15, 0.2) is 0 Å². The molecule has 1 aromatic carbocycles. The Kier molecular flexibility index (Phi) is 3.63. The lowest BCUT2D eigenvalue weighted by molar-refractivity contribution is -0.140. The molecule has 1 heterocycles. The van der Waals surface area contributed by atoms with Gasteiger partial charge in [0.2, 0.25) is 5.56 Å². The molecule has 2 rings (SSSR count). The number of aromatic nitrogens is 1. The van der Waals surface area contributed by atoms with E-state index in [4.69, 9.17) is 5.73 Å². The highest BCUT2D eigenvalue weighted by Gasteiger charge is 2.33. The number of benzene rings is 1. The van der Waals surface area contributed by atoms with Crippen LogP contribution in [-0.4, -0.2) is 4.98 Å². The first kappa shape index (κ1) is 14.3. The highest BCUT2D eigenvalue weighted by Crippen LogP contribution is 2.33. The molecule has 1 atom stereocenters. The minimum Gasteiger partial charge on any atom is -0.666 e. The largest absolute Gasteiger partial charge is 0.666 e. The lowest BCUT2D eigenvalue weighted by Gasteiger charge is -2.21. The molecule has 0 spiro atoms. The van der Waals surface area contributed by atoms with Crippen molar-refractivity contribution in [3.63, 3.8) is 0 Å². The van der Waals surface area contributed by atoms with Gasteiger partial charge in [-0.15, -0.1) is 0 Å². The Morgan fingerprint density at radius 3 is 2.40 bits per heavy atom. The number of hydrogen-bond donors (Lipinski definition) is 1. The third kappa shape index (κ3) is 2.88. The van der Waals surface area contributed by atoms with Crippen LogP contribution in [0.15, 0.2) is 41.2 Å². The first-order chi connectivity index (χ1) is 9.29. The standard InChI is InChI=1S/C13H9F4N2O/c14-9-6-7(4-5-8(9)13(15,16)17)12(18)10-2-1-3-11(20)19-10/h1-6,12,18H,(H,19,20)/q-1/t12-/m0/s1. The average Bonchev–Trinajstić information content (AvgIpc) is 2.36. The predicted molar refractivity (Wildman–Crippen MR) is 64.6 cm³/mol. The van der Waals surface area contributed by atoms with Crippen LogP contribution in [-0.2, 0) is 6.18 Å². The minimum atomic E-state index is -4.78. The Morgan fingerprint density at radius 2 is 1.85 bits per heavy atom. The van der Waals surface area contributed by atoms with Gasteiger partial charge in [-0.3, -0.25) is 4.79 Å². The van der Waals surface area contributed by atoms with Gasteiger partial charge < -0.3 is 10.7 Å². The van der Waals surface area contributed by atoms with Gasteiger partial charge in [0.25, 0.3) is 0 Å². The number of hydrogen-bond acceptors (Lipinski definition) is 1. The maximum Gasteiger partial charge on any atom is 0.419 e. The second kappa shape index (κ2) is 5.09. The third-order valence-electron chi connectivity index (χ3n) is 2.73. The summed E-state index contributed by atoms with van der Waals surface area (Å²) in [4.78, 5) is 13.5. The maximum atomic E-state index is 13.4. The van der Waals surface area contributed by atoms with Crippen molar-refractivity contribution in [3.05, 3.63) is 75.1 Å². The second-order valence-electron chi connectivity index (χ2n) is 4.14. The Labute approximate surface area is 111 Å². The van der Waals surface area contributed by atoms with Crippen molar-refractivity contribution in [1.29, 1.82) is 0 Å². The summed E-state index contributed by atoms with van der Waals surface area (Å²) in [6.45, 7) is 0. The van der Waals surface area contributed by atoms with E-state index in [1.54, 1.807) is 0 Å². The first-order valence-electron chi connectivity index (χ1n) is 5.56. The van der Waals surface area contributed by atoms with Gasteiger partial charge in [-0.05, 0) is 18.2 Å². The van der Waals surface area contributed by atoms with Crippen LogP contribution in [0.2, 0.25) is 0 Å². The molecule has 2 N–H and O–H groups in total. The molecule has 0 aliphatic carbocycles. The SMILES string of the molecule is [NH-][C@@H](c1ccc(C(F)(F)F)c(F)c1)c1cccc(=O)[nH]1. The summed E-state index contributed by atoms with van der Waals surface area (Å²) in [6.07, 6.45) is -4.78. The van der Waals surface area contributed by atoms with Gasteiger partial charge in [0, 0.05) is 11.8 Å². The molecule has 0 aliphatic rings. The third-order valence-corrected chi connectivity index (χ3v) is 2.73. The first-order valence-corrected chi connectivity index (χ1v) is 5.56. The summed E-state index contributed by atoms with van der Waals surface area (Å²) in [5, 5.41) is 0. The fourth-order valence-electron chi connectivity index (χ4n) is 1.75. The molecule has 0 saturated carbocycles. The molecule has 0 fully saturated rings. The van der Waals surface area contributed by atoms with Crippen molar-refractivity contribution in [2.75, 3.05) is 0 Å². The number of H-pyrrole nitrogens is 1. The zero-order valence-electron chi connectivity index (χ0n) is 9.96. The van der Waals surface area contributed by atoms with Crippen LogP contribution >= 0.6 is 0 Å². The molecule has 106 valence electrons. The van der Waals surface area contributed by atoms with Gasteiger partial charge in [-0.25, -0.2) is 4.39 Å². The lowest BCUT2D eigenvalue weighted by Crippen LogP contribution is -2.11. The van der Waals surface area contributed by atoms with E-state index in [9.17, 15) is 22.4 Å². The number of halogens is 4. The molecule has 20 heavy (non-hydrogen) atoms. The molecule has 0 amide bonds. The molecule has 1 aromatic heterocycles. The number of pyridine rings is 1. The van der Waals surface area contributed by atoms with E-state index in [1.165, 1.54) is 18.2 Å². The molecule has 0 radical (unpaired) electrons. The summed E-state index contributed by atoms with van der Waals surface area (Å²) in [6, 6.07) is 5.20. The van der Waals surface area contributed by atoms with Crippen molar-refractivity contribution in [2.45, 2.75) is 12.2 Å². The van der Waals surface area contributed by atoms with E-state index in [0.717, 1.165) is 6.07 Å². The van der Waals surface area contributed by atoms with Crippen molar-refractivity contribution in [2.24, 2.45) is 0 Å². The second-order valence-corrected chi connectivity index (χ2v) is 4.14. The lowest BCUT2D eigenvalue weighted by atomic mass is 10.0. The smallest absolute Gasteiger partial charge is 0.419 e. The van der Waals surface area contributed by atoms with E-state index >= 15 is 0 Å². The summed E-state index contributed by atoms with van der Waals surface area (Å²) in [5.41, 5.74) is 6.24. The van der Waals surface area contributed by atoms with E-state index in [2.05, 4.69) is 4.98 Å². The molecule has 0 unspecified atom stereocenters. The van der Waals surface area contributed by atoms with Crippen molar-refractivity contribution in [3.8, 4) is 0 Å². The number of aromatic amines is 1. The van der Waals surface area contributed by atoms with Crippen LogP contribution in [0, 0.1) is 5.82 Å². The number of rotatable bonds is 2. The molecule has 3 nitrogen and oxygen atoms in total. The van der Waals surface area contributed by atoms with Crippen LogP contribution in [0.3, 0.4) is 0 Å². The molecule has 2 aromatic rings. The predicted octanol–water partition coefficient (Wildman–Crippen LogP) is 3.67. The number of alkyl halides is 3. The molecule has 0 saturated heterocycles. The van der Waals surface area contributed by atoms with Crippen molar-refractivity contribution < 1.29 is 17.6 Å². The van der Waals surface area contributed by atoms with Crippen LogP contribution in [0.5, 0.6) is 0 Å². The summed E-state index contributed by atoms with van der Waals surface area (Å²) in [7, 11) is 0. The van der Waals surface area contributed by atoms with Crippen LogP contribution < -0.4 is 5.56 Å². The molecule has 0 aliphatic heterocycles. The zero-order valence-corrected chi connectivity index (χ0v) is 9.96. The number of nitrogens with one attached hydrogen (secondary N) is 2. The summed E-state index contributed by atoms with van der Waals surface area (Å²) >= 11 is 0. The summed E-state index contributed by atoms with van der Waals surface area (Å²) in [5.74, 6) is -1.44. The average molecular weight is 285 g/mol. The van der Waals surface area contributed by atoms with E-state index in [0.29, 0.717) is 12.1 Å². The fraction of sp³-hybridized carbons (Fsp3) is 0.154. The van der Waals surface area contributed by atoms with Crippen LogP contribution in [0.4, 0.5) is 17.6 Å². The highest BCUT2D eigenvalue weighted by atomic mass is 19.4. The highest BCUT2D eigenvalue weighted by molar-refractivity contribution is 5.34. The molecular formula is C13H9F4N2O-. The quantitative estimate of drug-likeness (QED) is 0.841. The monoisotopic (exact) mass is 285 g/mol. The Balaban J connectivity index is 2.39. The van der Waals surface area contributed by atoms with Gasteiger partial charge in [0.05, 0.1) is 5.56 Å². The van der Waals surface area contributed by atoms with Crippen LogP contribution in [0.1, 0.15) is 22.9 Å². The zero-order chi connectivity index (χ0) is 14.9. The van der Waals surface area contributed by atoms with Crippen molar-refractivity contribution >= 4 is 0 Å². The maximum absolute atomic E-state index is 13.4. The normalized spacial score (nSPS) is 13.2. The Bertz CT molecular complexity index is 679. The molecule has 7 heteroatoms. The Hall–Kier alpha value is -2.15. The Morgan fingerprint density at radius 1 is 1.15 bits per heavy atom. The molecular weight excluding hydrogens is 276 g/mol. The van der Waals surface area contributed by atoms with E-state index in [1.807, 2.05) is 0 Å². The van der Waals surface area contributed by atoms with Crippen molar-refractivity contribution in [1.82, 2.24) is 4.98 Å². The van der Waals surface area contributed by atoms with Crippen LogP contribution in [0.25, 0.3) is 5.73 Å². The van der Waals surface area contributed by atoms with Gasteiger partial charge in [0.1, 0.15) is 5.82 Å². The van der Waals surface area contributed by atoms with E-state index < -0.39 is 29.2 Å².